The number of hydrogen-bond donors (Lipinski definition) is 1. The van der Waals surface area contributed by atoms with Gasteiger partial charge in [-0.3, -0.25) is 9.69 Å². The molecule has 0 bridgehead atoms. The van der Waals surface area contributed by atoms with E-state index in [9.17, 15) is 19.2 Å². The van der Waals surface area contributed by atoms with E-state index in [2.05, 4.69) is 5.32 Å². The number of ether oxygens (including phenoxy) is 8. The largest absolute Gasteiger partial charge is 0.492 e. The minimum absolute atomic E-state index is 0.00446. The summed E-state index contributed by atoms with van der Waals surface area (Å²) >= 11 is 0. The molecule has 1 aromatic carbocycles. The summed E-state index contributed by atoms with van der Waals surface area (Å²) in [6, 6.07) is 3.22. The number of esters is 1. The molecule has 4 rings (SSSR count). The van der Waals surface area contributed by atoms with E-state index in [0.29, 0.717) is 17.7 Å². The zero-order valence-electron chi connectivity index (χ0n) is 33.8. The maximum Gasteiger partial charge on any atom is 0.416 e. The number of benzene rings is 1. The van der Waals surface area contributed by atoms with Crippen molar-refractivity contribution in [1.29, 1.82) is 0 Å². The van der Waals surface area contributed by atoms with Gasteiger partial charge >= 0.3 is 18.2 Å². The highest BCUT2D eigenvalue weighted by molar-refractivity contribution is 5.97. The molecule has 15 nitrogen and oxygen atoms in total. The van der Waals surface area contributed by atoms with Gasteiger partial charge in [0.05, 0.1) is 19.2 Å². The summed E-state index contributed by atoms with van der Waals surface area (Å²) in [6.45, 7) is 17.6. The third kappa shape index (κ3) is 12.5. The lowest BCUT2D eigenvalue weighted by molar-refractivity contribution is -0.152. The van der Waals surface area contributed by atoms with Crippen molar-refractivity contribution < 1.29 is 57.1 Å². The number of nitrogens with one attached hydrogen (secondary N) is 1. The van der Waals surface area contributed by atoms with Crippen molar-refractivity contribution in [1.82, 2.24) is 15.1 Å². The van der Waals surface area contributed by atoms with Crippen molar-refractivity contribution in [3.05, 3.63) is 53.9 Å². The second kappa shape index (κ2) is 17.9. The average Bonchev–Trinajstić information content (AvgIpc) is 3.66. The minimum atomic E-state index is -0.968. The summed E-state index contributed by atoms with van der Waals surface area (Å²) in [7, 11) is 1.46. The number of nitrogens with zero attached hydrogens (tertiary/aromatic N) is 2. The number of methoxy groups -OCH3 is 1. The van der Waals surface area contributed by atoms with E-state index >= 15 is 0 Å². The fraction of sp³-hybridized carbons (Fsp3) is 0.600. The van der Waals surface area contributed by atoms with Crippen LogP contribution >= 0.6 is 0 Å². The second-order valence-electron chi connectivity index (χ2n) is 16.1. The van der Waals surface area contributed by atoms with E-state index in [-0.39, 0.29) is 49.5 Å². The summed E-state index contributed by atoms with van der Waals surface area (Å²) < 4.78 is 46.5. The zero-order chi connectivity index (χ0) is 40.7. The Morgan fingerprint density at radius 1 is 1.00 bits per heavy atom. The zero-order valence-corrected chi connectivity index (χ0v) is 33.8. The molecule has 304 valence electrons. The monoisotopic (exact) mass is 771 g/mol. The molecule has 1 N–H and O–H groups in total. The number of ketones is 1. The molecule has 3 aliphatic rings. The topological polar surface area (TPSA) is 161 Å². The SMILES string of the molecule is COCOc1cc(OCCN(CC2NC=CN2C(=O)OC(C)(C)C)C(=O)OC(C)(C)C)cc2c1C(=O)OC(C)[C@H](C)/C=C\C(=O)C1OC(C)(C)OC1C/C=C/2. The highest BCUT2D eigenvalue weighted by Crippen LogP contribution is 2.34. The number of hydrogen-bond acceptors (Lipinski definition) is 13. The molecular formula is C40H57N3O12. The fourth-order valence-electron chi connectivity index (χ4n) is 5.82. The van der Waals surface area contributed by atoms with Crippen LogP contribution in [0.3, 0.4) is 0 Å². The standard InChI is InChI=1S/C40H57N3O12/c1-25-15-16-29(44)34-30(52-40(9,10)53-34)14-12-13-27-21-28(22-31(50-24-48-11)33(27)35(45)51-26(25)2)49-20-19-42(36(46)54-38(3,4)5)23-32-41-17-18-43(32)37(47)55-39(6,7)8/h12-13,15-18,21-22,25-26,30,32,34,41H,14,19-20,23-24H2,1-11H3/b13-12+,16-15-/t25-,26?,30?,32?,34?/m1/s1. The number of carbonyl (C=O) groups is 4. The first-order valence-corrected chi connectivity index (χ1v) is 18.5. The van der Waals surface area contributed by atoms with Crippen LogP contribution in [-0.2, 0) is 33.2 Å². The Morgan fingerprint density at radius 3 is 2.38 bits per heavy atom. The molecule has 55 heavy (non-hydrogen) atoms. The van der Waals surface area contributed by atoms with Crippen LogP contribution in [0.1, 0.15) is 91.6 Å². The van der Waals surface area contributed by atoms with Gasteiger partial charge < -0.3 is 48.1 Å². The highest BCUT2D eigenvalue weighted by Gasteiger charge is 2.44. The van der Waals surface area contributed by atoms with Crippen molar-refractivity contribution in [2.75, 3.05) is 33.6 Å². The Bertz CT molecular complexity index is 1640. The first-order valence-electron chi connectivity index (χ1n) is 18.5. The van der Waals surface area contributed by atoms with Gasteiger partial charge in [0, 0.05) is 31.5 Å². The number of carbonyl (C=O) groups excluding carboxylic acids is 4. The van der Waals surface area contributed by atoms with E-state index in [0.717, 1.165) is 0 Å². The predicted octanol–water partition coefficient (Wildman–Crippen LogP) is 6.17. The van der Waals surface area contributed by atoms with E-state index in [4.69, 9.17) is 37.9 Å². The number of amides is 2. The average molecular weight is 772 g/mol. The summed E-state index contributed by atoms with van der Waals surface area (Å²) in [5.41, 5.74) is -0.942. The Balaban J connectivity index is 1.63. The molecule has 1 saturated heterocycles. The summed E-state index contributed by atoms with van der Waals surface area (Å²) in [5.74, 6) is -1.69. The van der Waals surface area contributed by atoms with E-state index in [1.54, 1.807) is 105 Å². The van der Waals surface area contributed by atoms with Crippen molar-refractivity contribution in [2.24, 2.45) is 5.92 Å². The first-order chi connectivity index (χ1) is 25.7. The number of cyclic esters (lactones) is 1. The smallest absolute Gasteiger partial charge is 0.416 e. The van der Waals surface area contributed by atoms with Crippen LogP contribution < -0.4 is 14.8 Å². The molecule has 0 aliphatic carbocycles. The molecule has 0 saturated carbocycles. The molecule has 4 unspecified atom stereocenters. The normalized spacial score (nSPS) is 25.1. The molecule has 3 heterocycles. The number of rotatable bonds is 9. The van der Waals surface area contributed by atoms with E-state index in [1.807, 2.05) is 6.92 Å². The van der Waals surface area contributed by atoms with Crippen LogP contribution in [0, 0.1) is 5.92 Å². The Hall–Kier alpha value is -4.60. The van der Waals surface area contributed by atoms with Gasteiger partial charge in [0.15, 0.2) is 18.4 Å². The van der Waals surface area contributed by atoms with Gasteiger partial charge in [0.25, 0.3) is 0 Å². The Labute approximate surface area is 323 Å². The lowest BCUT2D eigenvalue weighted by Crippen LogP contribution is -2.51. The molecule has 2 amide bonds. The van der Waals surface area contributed by atoms with Gasteiger partial charge in [-0.25, -0.2) is 14.4 Å². The lowest BCUT2D eigenvalue weighted by Gasteiger charge is -2.32. The van der Waals surface area contributed by atoms with Crippen molar-refractivity contribution in [2.45, 2.75) is 117 Å². The van der Waals surface area contributed by atoms with Crippen molar-refractivity contribution in [3.8, 4) is 11.5 Å². The molecular weight excluding hydrogens is 714 g/mol. The maximum atomic E-state index is 13.8. The first kappa shape index (κ1) is 43.1. The molecule has 0 spiro atoms. The summed E-state index contributed by atoms with van der Waals surface area (Å²) in [6.07, 6.45) is 6.30. The molecule has 1 aromatic rings. The molecule has 3 aliphatic heterocycles. The molecule has 5 atom stereocenters. The molecule has 1 fully saturated rings. The third-order valence-corrected chi connectivity index (χ3v) is 8.51. The molecule has 0 radical (unpaired) electrons. The molecule has 0 aromatic heterocycles. The van der Waals surface area contributed by atoms with E-state index in [1.165, 1.54) is 23.0 Å². The van der Waals surface area contributed by atoms with Crippen LogP contribution in [0.25, 0.3) is 6.08 Å². The maximum absolute atomic E-state index is 13.8. The second-order valence-corrected chi connectivity index (χ2v) is 16.1. The third-order valence-electron chi connectivity index (χ3n) is 8.51. The Kier molecular flexibility index (Phi) is 14.0. The lowest BCUT2D eigenvalue weighted by atomic mass is 9.99. The summed E-state index contributed by atoms with van der Waals surface area (Å²) in [5, 5.41) is 3.09. The van der Waals surface area contributed by atoms with Crippen molar-refractivity contribution >= 4 is 30.0 Å². The van der Waals surface area contributed by atoms with Gasteiger partial charge in [-0.1, -0.05) is 25.2 Å². The quantitative estimate of drug-likeness (QED) is 0.173. The van der Waals surface area contributed by atoms with Gasteiger partial charge in [-0.05, 0) is 86.4 Å². The van der Waals surface area contributed by atoms with Crippen LogP contribution in [0.4, 0.5) is 9.59 Å². The molecule has 15 heteroatoms. The van der Waals surface area contributed by atoms with Gasteiger partial charge in [0.1, 0.15) is 53.2 Å². The minimum Gasteiger partial charge on any atom is -0.492 e. The van der Waals surface area contributed by atoms with Crippen LogP contribution in [0.15, 0.2) is 42.8 Å². The highest BCUT2D eigenvalue weighted by atomic mass is 16.8. The Morgan fingerprint density at radius 2 is 1.71 bits per heavy atom. The van der Waals surface area contributed by atoms with E-state index < -0.39 is 59.6 Å². The predicted molar refractivity (Wildman–Crippen MR) is 202 cm³/mol. The van der Waals surface area contributed by atoms with Gasteiger partial charge in [-0.2, -0.15) is 0 Å². The van der Waals surface area contributed by atoms with Gasteiger partial charge in [0.2, 0.25) is 0 Å². The number of fused-ring (bicyclic) bond motifs is 2. The fourth-order valence-corrected chi connectivity index (χ4v) is 5.82. The van der Waals surface area contributed by atoms with Crippen LogP contribution in [-0.4, -0.2) is 109 Å². The van der Waals surface area contributed by atoms with Crippen molar-refractivity contribution in [3.63, 3.8) is 0 Å². The summed E-state index contributed by atoms with van der Waals surface area (Å²) in [4.78, 5) is 56.2. The van der Waals surface area contributed by atoms with Crippen LogP contribution in [0.2, 0.25) is 0 Å². The van der Waals surface area contributed by atoms with Crippen LogP contribution in [0.5, 0.6) is 11.5 Å². The van der Waals surface area contributed by atoms with Gasteiger partial charge in [-0.15, -0.1) is 0 Å².